The quantitative estimate of drug-likeness (QED) is 0.785. The second-order valence-corrected chi connectivity index (χ2v) is 5.20. The molecule has 3 aromatic rings. The molecular weight excluding hydrogens is 269 g/mol. The molecule has 0 bridgehead atoms. The van der Waals surface area contributed by atoms with Gasteiger partial charge in [0, 0.05) is 11.3 Å². The number of fused-ring (bicyclic) bond motifs is 2. The summed E-state index contributed by atoms with van der Waals surface area (Å²) >= 11 is 0. The fourth-order valence-electron chi connectivity index (χ4n) is 2.82. The van der Waals surface area contributed by atoms with Crippen molar-refractivity contribution in [2.24, 2.45) is 0 Å². The maximum atomic E-state index is 13.4. The van der Waals surface area contributed by atoms with Gasteiger partial charge in [-0.2, -0.15) is 14.6 Å². The lowest BCUT2D eigenvalue weighted by Gasteiger charge is -2.19. The first-order chi connectivity index (χ1) is 10.3. The number of hydrogen-bond donors (Lipinski definition) is 1. The summed E-state index contributed by atoms with van der Waals surface area (Å²) < 4.78 is 15.1. The zero-order valence-corrected chi connectivity index (χ0v) is 11.4. The predicted molar refractivity (Wildman–Crippen MR) is 77.1 cm³/mol. The summed E-state index contributed by atoms with van der Waals surface area (Å²) in [6, 6.07) is 6.42. The molecule has 0 amide bonds. The maximum Gasteiger partial charge on any atom is 0.254 e. The Morgan fingerprint density at radius 2 is 2.10 bits per heavy atom. The van der Waals surface area contributed by atoms with E-state index in [4.69, 9.17) is 0 Å². The zero-order valence-electron chi connectivity index (χ0n) is 11.4. The van der Waals surface area contributed by atoms with E-state index in [2.05, 4.69) is 20.4 Å². The summed E-state index contributed by atoms with van der Waals surface area (Å²) in [6.45, 7) is 0. The molecule has 21 heavy (non-hydrogen) atoms. The van der Waals surface area contributed by atoms with Crippen LogP contribution in [0, 0.1) is 5.82 Å². The Balaban J connectivity index is 1.88. The number of benzene rings is 1. The van der Waals surface area contributed by atoms with Gasteiger partial charge in [-0.15, -0.1) is 0 Å². The van der Waals surface area contributed by atoms with Crippen LogP contribution in [0.2, 0.25) is 0 Å². The molecule has 1 aromatic carbocycles. The van der Waals surface area contributed by atoms with Crippen LogP contribution in [0.5, 0.6) is 0 Å². The van der Waals surface area contributed by atoms with Crippen LogP contribution in [-0.2, 0) is 12.8 Å². The van der Waals surface area contributed by atoms with Gasteiger partial charge in [-0.3, -0.25) is 0 Å². The minimum atomic E-state index is -0.266. The van der Waals surface area contributed by atoms with Gasteiger partial charge in [0.05, 0.1) is 5.69 Å². The third-order valence-electron chi connectivity index (χ3n) is 3.79. The lowest BCUT2D eigenvalue weighted by atomic mass is 9.96. The van der Waals surface area contributed by atoms with Gasteiger partial charge >= 0.3 is 0 Å². The molecule has 106 valence electrons. The van der Waals surface area contributed by atoms with Gasteiger partial charge in [-0.25, -0.2) is 9.37 Å². The molecule has 0 saturated heterocycles. The molecule has 1 N–H and O–H groups in total. The average molecular weight is 283 g/mol. The summed E-state index contributed by atoms with van der Waals surface area (Å²) in [5.74, 6) is 1.16. The van der Waals surface area contributed by atoms with Crippen LogP contribution in [0.15, 0.2) is 30.6 Å². The van der Waals surface area contributed by atoms with E-state index >= 15 is 0 Å². The van der Waals surface area contributed by atoms with E-state index in [1.54, 1.807) is 10.6 Å². The molecular formula is C15H14FN5. The Morgan fingerprint density at radius 3 is 3.00 bits per heavy atom. The molecule has 1 aliphatic carbocycles. The van der Waals surface area contributed by atoms with Gasteiger partial charge in [0.15, 0.2) is 0 Å². The van der Waals surface area contributed by atoms with Crippen LogP contribution in [0.1, 0.15) is 24.1 Å². The molecule has 1 aliphatic rings. The Hall–Kier alpha value is -2.50. The second kappa shape index (κ2) is 4.80. The highest BCUT2D eigenvalue weighted by molar-refractivity contribution is 5.63. The number of nitrogens with one attached hydrogen (secondary N) is 1. The molecule has 0 spiro atoms. The molecule has 0 fully saturated rings. The van der Waals surface area contributed by atoms with Crippen LogP contribution < -0.4 is 5.32 Å². The van der Waals surface area contributed by atoms with Crippen LogP contribution in [0.25, 0.3) is 5.78 Å². The smallest absolute Gasteiger partial charge is 0.254 e. The third kappa shape index (κ3) is 2.12. The number of halogens is 1. The van der Waals surface area contributed by atoms with Gasteiger partial charge in [0.2, 0.25) is 0 Å². The van der Waals surface area contributed by atoms with Crippen molar-refractivity contribution in [3.63, 3.8) is 0 Å². The first-order valence-corrected chi connectivity index (χ1v) is 7.05. The number of aromatic nitrogens is 4. The van der Waals surface area contributed by atoms with Crippen molar-refractivity contribution < 1.29 is 4.39 Å². The highest BCUT2D eigenvalue weighted by Crippen LogP contribution is 2.29. The number of rotatable bonds is 2. The third-order valence-corrected chi connectivity index (χ3v) is 3.79. The maximum absolute atomic E-state index is 13.4. The number of aryl methyl sites for hydroxylation is 1. The van der Waals surface area contributed by atoms with Gasteiger partial charge in [0.1, 0.15) is 18.0 Å². The summed E-state index contributed by atoms with van der Waals surface area (Å²) in [5, 5.41) is 7.51. The molecule has 0 aliphatic heterocycles. The summed E-state index contributed by atoms with van der Waals surface area (Å²) in [4.78, 5) is 8.74. The fraction of sp³-hybridized carbons (Fsp3) is 0.267. The van der Waals surface area contributed by atoms with E-state index in [9.17, 15) is 4.39 Å². The van der Waals surface area contributed by atoms with Crippen LogP contribution in [0.3, 0.4) is 0 Å². The van der Waals surface area contributed by atoms with E-state index in [0.717, 1.165) is 42.8 Å². The molecule has 0 unspecified atom stereocenters. The van der Waals surface area contributed by atoms with Crippen LogP contribution in [-0.4, -0.2) is 19.6 Å². The van der Waals surface area contributed by atoms with Crippen molar-refractivity contribution in [1.82, 2.24) is 19.6 Å². The first-order valence-electron chi connectivity index (χ1n) is 7.05. The molecule has 0 atom stereocenters. The van der Waals surface area contributed by atoms with Gasteiger partial charge in [0.25, 0.3) is 5.78 Å². The van der Waals surface area contributed by atoms with Crippen molar-refractivity contribution in [1.29, 1.82) is 0 Å². The number of anilines is 2. The largest absolute Gasteiger partial charge is 0.340 e. The molecule has 2 heterocycles. The van der Waals surface area contributed by atoms with Crippen molar-refractivity contribution in [2.75, 3.05) is 5.32 Å². The Labute approximate surface area is 120 Å². The minimum absolute atomic E-state index is 0.266. The Kier molecular flexibility index (Phi) is 2.80. The number of hydrogen-bond acceptors (Lipinski definition) is 4. The van der Waals surface area contributed by atoms with Crippen molar-refractivity contribution >= 4 is 17.3 Å². The average Bonchev–Trinajstić information content (AvgIpc) is 2.95. The summed E-state index contributed by atoms with van der Waals surface area (Å²) in [6.07, 6.45) is 5.67. The zero-order chi connectivity index (χ0) is 14.2. The van der Waals surface area contributed by atoms with E-state index in [0.29, 0.717) is 11.5 Å². The topological polar surface area (TPSA) is 55.1 Å². The van der Waals surface area contributed by atoms with Crippen LogP contribution >= 0.6 is 0 Å². The van der Waals surface area contributed by atoms with Crippen molar-refractivity contribution in [3.8, 4) is 0 Å². The molecule has 6 heteroatoms. The lowest BCUT2D eigenvalue weighted by Crippen LogP contribution is -2.13. The molecule has 0 saturated carbocycles. The number of nitrogens with zero attached hydrogens (tertiary/aromatic N) is 4. The van der Waals surface area contributed by atoms with E-state index < -0.39 is 0 Å². The van der Waals surface area contributed by atoms with Crippen LogP contribution in [0.4, 0.5) is 15.9 Å². The van der Waals surface area contributed by atoms with Gasteiger partial charge in [-0.05, 0) is 43.9 Å². The summed E-state index contributed by atoms with van der Waals surface area (Å²) in [5.41, 5.74) is 2.93. The van der Waals surface area contributed by atoms with E-state index in [1.165, 1.54) is 18.5 Å². The Morgan fingerprint density at radius 1 is 1.19 bits per heavy atom. The normalized spacial score (nSPS) is 14.1. The highest BCUT2D eigenvalue weighted by Gasteiger charge is 2.19. The standard InChI is InChI=1S/C15H14FN5/c16-10-4-3-5-11(8-10)19-14-12-6-1-2-7-13(12)20-15-17-9-18-21(14)15/h3-5,8-9,19H,1-2,6-7H2. The summed E-state index contributed by atoms with van der Waals surface area (Å²) in [7, 11) is 0. The first kappa shape index (κ1) is 12.3. The Bertz CT molecular complexity index is 811. The second-order valence-electron chi connectivity index (χ2n) is 5.20. The molecule has 2 aromatic heterocycles. The molecule has 4 rings (SSSR count). The lowest BCUT2D eigenvalue weighted by molar-refractivity contribution is 0.628. The van der Waals surface area contributed by atoms with Crippen molar-refractivity contribution in [2.45, 2.75) is 25.7 Å². The molecule has 5 nitrogen and oxygen atoms in total. The fourth-order valence-corrected chi connectivity index (χ4v) is 2.82. The monoisotopic (exact) mass is 283 g/mol. The minimum Gasteiger partial charge on any atom is -0.340 e. The predicted octanol–water partition coefficient (Wildman–Crippen LogP) is 2.89. The van der Waals surface area contributed by atoms with Crippen molar-refractivity contribution in [3.05, 3.63) is 47.7 Å². The SMILES string of the molecule is Fc1cccc(Nc2c3c(nc4ncnn24)CCCC3)c1. The molecule has 0 radical (unpaired) electrons. The van der Waals surface area contributed by atoms with Gasteiger partial charge in [-0.1, -0.05) is 6.07 Å². The van der Waals surface area contributed by atoms with Gasteiger partial charge < -0.3 is 5.32 Å². The van der Waals surface area contributed by atoms with E-state index in [-0.39, 0.29) is 5.82 Å². The highest BCUT2D eigenvalue weighted by atomic mass is 19.1. The van der Waals surface area contributed by atoms with E-state index in [1.807, 2.05) is 6.07 Å².